The van der Waals surface area contributed by atoms with Gasteiger partial charge >= 0.3 is 0 Å². The minimum Gasteiger partial charge on any atom is -0.482 e. The van der Waals surface area contributed by atoms with Crippen LogP contribution in [0.2, 0.25) is 0 Å². The molecular formula is C23H25FN6O. The van der Waals surface area contributed by atoms with E-state index in [2.05, 4.69) is 15.1 Å². The first-order valence-corrected chi connectivity index (χ1v) is 10.1. The number of pyridine rings is 1. The molecular weight excluding hydrogens is 395 g/mol. The molecule has 31 heavy (non-hydrogen) atoms. The third-order valence-electron chi connectivity index (χ3n) is 5.29. The van der Waals surface area contributed by atoms with Crippen LogP contribution in [0.1, 0.15) is 36.8 Å². The molecule has 3 aromatic rings. The fourth-order valence-electron chi connectivity index (χ4n) is 3.88. The lowest BCUT2D eigenvalue weighted by Crippen LogP contribution is -2.15. The lowest BCUT2D eigenvalue weighted by atomic mass is 9.92. The Kier molecular flexibility index (Phi) is 5.46. The first-order valence-electron chi connectivity index (χ1n) is 10.1. The molecule has 0 saturated heterocycles. The molecule has 0 spiro atoms. The Labute approximate surface area is 180 Å². The number of aliphatic imine (C=N–C) groups is 1. The van der Waals surface area contributed by atoms with Crippen LogP contribution in [0.4, 0.5) is 10.2 Å². The Morgan fingerprint density at radius 3 is 2.87 bits per heavy atom. The van der Waals surface area contributed by atoms with Crippen LogP contribution >= 0.6 is 0 Å². The molecule has 4 N–H and O–H groups in total. The summed E-state index contributed by atoms with van der Waals surface area (Å²) in [6.45, 7) is 4.39. The predicted octanol–water partition coefficient (Wildman–Crippen LogP) is 3.55. The molecule has 160 valence electrons. The number of benzene rings is 1. The van der Waals surface area contributed by atoms with Crippen LogP contribution in [0.3, 0.4) is 0 Å². The van der Waals surface area contributed by atoms with Crippen LogP contribution in [0.5, 0.6) is 5.75 Å². The third kappa shape index (κ3) is 3.88. The van der Waals surface area contributed by atoms with Gasteiger partial charge in [-0.05, 0) is 49.4 Å². The number of nitrogen functional groups attached to an aromatic ring is 1. The Balaban J connectivity index is 2.00. The summed E-state index contributed by atoms with van der Waals surface area (Å²) in [6.07, 6.45) is 5.10. The number of hydrogen-bond acceptors (Lipinski definition) is 6. The van der Waals surface area contributed by atoms with E-state index < -0.39 is 6.10 Å². The Hall–Kier alpha value is -3.68. The van der Waals surface area contributed by atoms with E-state index in [1.54, 1.807) is 29.2 Å². The summed E-state index contributed by atoms with van der Waals surface area (Å²) in [5.41, 5.74) is 17.6. The second kappa shape index (κ2) is 8.22. The molecule has 0 aliphatic carbocycles. The third-order valence-corrected chi connectivity index (χ3v) is 5.29. The maximum absolute atomic E-state index is 14.2. The van der Waals surface area contributed by atoms with Crippen LogP contribution < -0.4 is 16.2 Å². The highest BCUT2D eigenvalue weighted by Crippen LogP contribution is 2.36. The molecule has 1 aliphatic heterocycles. The van der Waals surface area contributed by atoms with Crippen molar-refractivity contribution in [3.63, 3.8) is 0 Å². The molecule has 0 amide bonds. The molecule has 0 radical (unpaired) electrons. The zero-order valence-corrected chi connectivity index (χ0v) is 17.8. The molecule has 0 fully saturated rings. The van der Waals surface area contributed by atoms with Gasteiger partial charge in [0.1, 0.15) is 11.9 Å². The first kappa shape index (κ1) is 20.6. The van der Waals surface area contributed by atoms with Gasteiger partial charge in [-0.15, -0.1) is 0 Å². The quantitative estimate of drug-likeness (QED) is 0.626. The van der Waals surface area contributed by atoms with Gasteiger partial charge < -0.3 is 16.2 Å². The second-order valence-corrected chi connectivity index (χ2v) is 7.45. The molecule has 7 nitrogen and oxygen atoms in total. The largest absolute Gasteiger partial charge is 0.482 e. The summed E-state index contributed by atoms with van der Waals surface area (Å²) >= 11 is 0. The van der Waals surface area contributed by atoms with Crippen molar-refractivity contribution in [3.8, 4) is 16.9 Å². The SMILES string of the molecule is CCN=C1C(=CN)Cc2nn(C)cc2-c2ccc(F)cc2C(C)Oc2cc1cnc2N. The van der Waals surface area contributed by atoms with E-state index in [1.165, 1.54) is 12.1 Å². The zero-order chi connectivity index (χ0) is 22.1. The van der Waals surface area contributed by atoms with Crippen molar-refractivity contribution in [2.45, 2.75) is 26.4 Å². The van der Waals surface area contributed by atoms with E-state index in [-0.39, 0.29) is 11.6 Å². The van der Waals surface area contributed by atoms with Crippen LogP contribution in [0.15, 0.2) is 53.4 Å². The van der Waals surface area contributed by atoms with E-state index in [0.29, 0.717) is 30.0 Å². The molecule has 1 unspecified atom stereocenters. The summed E-state index contributed by atoms with van der Waals surface area (Å²) in [7, 11) is 1.86. The molecule has 1 aliphatic rings. The Bertz CT molecular complexity index is 1200. The maximum atomic E-state index is 14.2. The van der Waals surface area contributed by atoms with Gasteiger partial charge in [0.25, 0.3) is 0 Å². The maximum Gasteiger partial charge on any atom is 0.166 e. The number of allylic oxidation sites excluding steroid dienone is 1. The number of ether oxygens (including phenoxy) is 1. The van der Waals surface area contributed by atoms with Crippen molar-refractivity contribution in [3.05, 3.63) is 71.1 Å². The lowest BCUT2D eigenvalue weighted by Gasteiger charge is -2.21. The van der Waals surface area contributed by atoms with E-state index in [0.717, 1.165) is 28.0 Å². The fraction of sp³-hybridized carbons (Fsp3) is 0.261. The molecule has 0 saturated carbocycles. The van der Waals surface area contributed by atoms with Gasteiger partial charge in [-0.3, -0.25) is 9.67 Å². The van der Waals surface area contributed by atoms with Crippen LogP contribution in [-0.4, -0.2) is 27.0 Å². The topological polar surface area (TPSA) is 104 Å². The van der Waals surface area contributed by atoms with Crippen LogP contribution in [0, 0.1) is 5.82 Å². The Morgan fingerprint density at radius 2 is 2.13 bits per heavy atom. The summed E-state index contributed by atoms with van der Waals surface area (Å²) in [4.78, 5) is 8.97. The number of nitrogens with zero attached hydrogens (tertiary/aromatic N) is 4. The summed E-state index contributed by atoms with van der Waals surface area (Å²) in [6, 6.07) is 6.48. The summed E-state index contributed by atoms with van der Waals surface area (Å²) in [5, 5.41) is 4.66. The Morgan fingerprint density at radius 1 is 1.32 bits per heavy atom. The standard InChI is InChI=1S/C23H25FN6O/c1-4-27-22-14(10-25)7-20-19(12-30(3)29-20)17-6-5-16(24)9-18(17)13(2)31-21-8-15(22)11-28-23(21)26/h5-6,8-13H,4,7,25H2,1-3H3,(H2,26,28). The summed E-state index contributed by atoms with van der Waals surface area (Å²) < 4.78 is 22.1. The van der Waals surface area contributed by atoms with E-state index in [4.69, 9.17) is 16.2 Å². The van der Waals surface area contributed by atoms with Crippen molar-refractivity contribution in [1.82, 2.24) is 14.8 Å². The number of anilines is 1. The number of aryl methyl sites for hydroxylation is 1. The lowest BCUT2D eigenvalue weighted by molar-refractivity contribution is 0.227. The van der Waals surface area contributed by atoms with Gasteiger partial charge in [-0.1, -0.05) is 6.07 Å². The number of fused-ring (bicyclic) bond motifs is 5. The minimum absolute atomic E-state index is 0.252. The average Bonchev–Trinajstić information content (AvgIpc) is 3.11. The fourth-order valence-corrected chi connectivity index (χ4v) is 3.88. The molecule has 8 heteroatoms. The monoisotopic (exact) mass is 420 g/mol. The number of aromatic nitrogens is 3. The molecule has 3 heterocycles. The highest BCUT2D eigenvalue weighted by molar-refractivity contribution is 6.13. The van der Waals surface area contributed by atoms with Crippen molar-refractivity contribution in [1.29, 1.82) is 0 Å². The minimum atomic E-state index is -0.478. The smallest absolute Gasteiger partial charge is 0.166 e. The number of hydrogen-bond donors (Lipinski definition) is 2. The van der Waals surface area contributed by atoms with Gasteiger partial charge in [0.05, 0.1) is 11.4 Å². The zero-order valence-electron chi connectivity index (χ0n) is 17.8. The van der Waals surface area contributed by atoms with Gasteiger partial charge in [0.15, 0.2) is 11.6 Å². The van der Waals surface area contributed by atoms with Crippen molar-refractivity contribution >= 4 is 11.5 Å². The van der Waals surface area contributed by atoms with Crippen molar-refractivity contribution in [2.75, 3.05) is 12.3 Å². The highest BCUT2D eigenvalue weighted by atomic mass is 19.1. The van der Waals surface area contributed by atoms with E-state index in [9.17, 15) is 4.39 Å². The van der Waals surface area contributed by atoms with Gasteiger partial charge in [-0.25, -0.2) is 9.37 Å². The van der Waals surface area contributed by atoms with E-state index in [1.807, 2.05) is 27.1 Å². The number of rotatable bonds is 1. The molecule has 1 atom stereocenters. The number of halogens is 1. The normalized spacial score (nSPS) is 18.6. The van der Waals surface area contributed by atoms with Gasteiger partial charge in [0.2, 0.25) is 0 Å². The summed E-state index contributed by atoms with van der Waals surface area (Å²) in [5.74, 6) is 0.320. The molecule has 1 aromatic carbocycles. The van der Waals surface area contributed by atoms with Gasteiger partial charge in [0, 0.05) is 49.1 Å². The average molecular weight is 420 g/mol. The molecule has 2 aromatic heterocycles. The van der Waals surface area contributed by atoms with E-state index >= 15 is 0 Å². The predicted molar refractivity (Wildman–Crippen MR) is 119 cm³/mol. The second-order valence-electron chi connectivity index (χ2n) is 7.45. The van der Waals surface area contributed by atoms with Crippen LogP contribution in [-0.2, 0) is 13.5 Å². The van der Waals surface area contributed by atoms with Gasteiger partial charge in [-0.2, -0.15) is 5.10 Å². The molecule has 2 bridgehead atoms. The van der Waals surface area contributed by atoms with Crippen molar-refractivity contribution in [2.24, 2.45) is 17.8 Å². The number of nitrogens with two attached hydrogens (primary N) is 2. The van der Waals surface area contributed by atoms with Crippen LogP contribution in [0.25, 0.3) is 11.1 Å². The first-order chi connectivity index (χ1) is 14.9. The highest BCUT2D eigenvalue weighted by Gasteiger charge is 2.23. The van der Waals surface area contributed by atoms with Crippen molar-refractivity contribution < 1.29 is 9.13 Å². The molecule has 4 rings (SSSR count).